The van der Waals surface area contributed by atoms with Gasteiger partial charge in [-0.3, -0.25) is 0 Å². The van der Waals surface area contributed by atoms with Gasteiger partial charge in [0.25, 0.3) is 0 Å². The summed E-state index contributed by atoms with van der Waals surface area (Å²) in [6, 6.07) is 18.4. The van der Waals surface area contributed by atoms with E-state index >= 15 is 0 Å². The zero-order chi connectivity index (χ0) is 23.5. The predicted octanol–water partition coefficient (Wildman–Crippen LogP) is 8.21. The minimum Gasteiger partial charge on any atom is -0.329 e. The van der Waals surface area contributed by atoms with E-state index in [-0.39, 0.29) is 5.41 Å². The average Bonchev–Trinajstić information content (AvgIpc) is 2.76. The number of nitrogens with one attached hydrogen (secondary N) is 1. The quantitative estimate of drug-likeness (QED) is 0.357. The molecule has 5 heteroatoms. The highest BCUT2D eigenvalue weighted by Gasteiger charge is 2.18. The van der Waals surface area contributed by atoms with Crippen molar-refractivity contribution in [2.75, 3.05) is 16.7 Å². The van der Waals surface area contributed by atoms with Gasteiger partial charge in [0.1, 0.15) is 5.82 Å². The summed E-state index contributed by atoms with van der Waals surface area (Å²) in [5.41, 5.74) is 5.83. The number of benzene rings is 2. The minimum absolute atomic E-state index is 0.130. The number of anilines is 2. The van der Waals surface area contributed by atoms with E-state index in [0.29, 0.717) is 5.02 Å². The Hall–Kier alpha value is -2.69. The Morgan fingerprint density at radius 2 is 1.78 bits per heavy atom. The normalized spacial score (nSPS) is 11.2. The van der Waals surface area contributed by atoms with Crippen LogP contribution in [0.2, 0.25) is 5.02 Å². The lowest BCUT2D eigenvalue weighted by Gasteiger charge is -2.25. The van der Waals surface area contributed by atoms with E-state index in [9.17, 15) is 0 Å². The van der Waals surface area contributed by atoms with Gasteiger partial charge in [0.05, 0.1) is 5.69 Å². The Balaban J connectivity index is 1.92. The molecule has 1 N–H and O–H groups in total. The maximum Gasteiger partial charge on any atom is 0.132 e. The Morgan fingerprint density at radius 3 is 2.38 bits per heavy atom. The van der Waals surface area contributed by atoms with Crippen LogP contribution in [-0.4, -0.2) is 12.0 Å². The summed E-state index contributed by atoms with van der Waals surface area (Å²) in [5.74, 6) is 0.821. The van der Waals surface area contributed by atoms with Gasteiger partial charge in [0.15, 0.2) is 0 Å². The number of aromatic nitrogens is 1. The smallest absolute Gasteiger partial charge is 0.132 e. The number of nitrogens with zero attached hydrogens (tertiary/aromatic N) is 2. The van der Waals surface area contributed by atoms with Crippen LogP contribution in [0.25, 0.3) is 11.8 Å². The van der Waals surface area contributed by atoms with Crippen LogP contribution in [0.4, 0.5) is 11.5 Å². The lowest BCUT2D eigenvalue weighted by atomic mass is 9.87. The van der Waals surface area contributed by atoms with E-state index in [4.69, 9.17) is 11.6 Å². The molecule has 3 aromatic rings. The Kier molecular flexibility index (Phi) is 7.37. The second-order valence-electron chi connectivity index (χ2n) is 8.71. The van der Waals surface area contributed by atoms with Gasteiger partial charge in [-0.15, -0.1) is 0 Å². The van der Waals surface area contributed by atoms with Crippen molar-refractivity contribution in [2.45, 2.75) is 38.0 Å². The maximum absolute atomic E-state index is 6.52. The summed E-state index contributed by atoms with van der Waals surface area (Å²) < 4.78 is 3.49. The second-order valence-corrected chi connectivity index (χ2v) is 10.00. The molecular weight excluding hydrogens is 434 g/mol. The van der Waals surface area contributed by atoms with Gasteiger partial charge >= 0.3 is 0 Å². The van der Waals surface area contributed by atoms with Crippen LogP contribution >= 0.6 is 23.5 Å². The third-order valence-electron chi connectivity index (χ3n) is 5.31. The highest BCUT2D eigenvalue weighted by atomic mass is 35.5. The number of hydrogen-bond donors (Lipinski definition) is 1. The van der Waals surface area contributed by atoms with Gasteiger partial charge in [-0.1, -0.05) is 69.8 Å². The van der Waals surface area contributed by atoms with Crippen molar-refractivity contribution in [3.63, 3.8) is 0 Å². The van der Waals surface area contributed by atoms with Gasteiger partial charge in [-0.25, -0.2) is 4.98 Å². The fraction of sp³-hybridized carbons (Fsp3) is 0.222. The van der Waals surface area contributed by atoms with Crippen LogP contribution in [0.3, 0.4) is 0 Å². The van der Waals surface area contributed by atoms with Crippen LogP contribution < -0.4 is 9.62 Å². The van der Waals surface area contributed by atoms with E-state index in [1.54, 1.807) is 18.0 Å². The summed E-state index contributed by atoms with van der Waals surface area (Å²) in [4.78, 5) is 7.72. The molecule has 0 saturated heterocycles. The molecule has 0 spiro atoms. The van der Waals surface area contributed by atoms with Crippen molar-refractivity contribution in [3.8, 4) is 0 Å². The summed E-state index contributed by atoms with van der Waals surface area (Å²) in [6.45, 7) is 17.0. The third-order valence-corrected chi connectivity index (χ3v) is 6.47. The molecule has 32 heavy (non-hydrogen) atoms. The summed E-state index contributed by atoms with van der Waals surface area (Å²) in [5, 5.41) is 0.631. The molecule has 0 aliphatic carbocycles. The molecule has 0 saturated carbocycles. The summed E-state index contributed by atoms with van der Waals surface area (Å²) >= 11 is 8.07. The topological polar surface area (TPSA) is 28.2 Å². The molecular formula is C27H30ClN3S. The Morgan fingerprint density at radius 1 is 1.09 bits per heavy atom. The first kappa shape index (κ1) is 24.0. The molecule has 2 aromatic carbocycles. The first-order valence-electron chi connectivity index (χ1n) is 10.5. The summed E-state index contributed by atoms with van der Waals surface area (Å²) in [7, 11) is 1.96. The molecule has 0 fully saturated rings. The van der Waals surface area contributed by atoms with Crippen molar-refractivity contribution >= 4 is 46.8 Å². The van der Waals surface area contributed by atoms with Gasteiger partial charge in [0.2, 0.25) is 0 Å². The number of aryl methyl sites for hydroxylation is 1. The lowest BCUT2D eigenvalue weighted by molar-refractivity contribution is 0.590. The first-order valence-corrected chi connectivity index (χ1v) is 11.7. The van der Waals surface area contributed by atoms with E-state index < -0.39 is 0 Å². The molecule has 0 bridgehead atoms. The molecule has 1 heterocycles. The standard InChI is InChI=1S/C27H30ClN3S/c1-8-22-23(28)16-17-24(30-32-21-14-12-20(13-15-21)27(4,5)6)26(22)19(3)31(7)25-11-9-10-18(2)29-25/h8-17,30H,1,3H2,2,4-7H3. The number of halogens is 1. The number of rotatable bonds is 7. The van der Waals surface area contributed by atoms with Crippen molar-refractivity contribution in [1.82, 2.24) is 4.98 Å². The van der Waals surface area contributed by atoms with E-state index in [0.717, 1.165) is 38.9 Å². The first-order chi connectivity index (χ1) is 15.1. The third kappa shape index (κ3) is 5.37. The van der Waals surface area contributed by atoms with Crippen LogP contribution in [-0.2, 0) is 5.41 Å². The van der Waals surface area contributed by atoms with Crippen LogP contribution in [0.15, 0.2) is 72.7 Å². The van der Waals surface area contributed by atoms with Crippen LogP contribution in [0, 0.1) is 6.92 Å². The Labute approximate surface area is 201 Å². The SMILES string of the molecule is C=Cc1c(Cl)ccc(NSc2ccc(C(C)(C)C)cc2)c1C(=C)N(C)c1cccc(C)n1. The van der Waals surface area contributed by atoms with E-state index in [1.807, 2.05) is 49.2 Å². The van der Waals surface area contributed by atoms with Gasteiger partial charge in [0, 0.05) is 39.5 Å². The fourth-order valence-corrected chi connectivity index (χ4v) is 4.25. The molecule has 0 aliphatic heterocycles. The van der Waals surface area contributed by atoms with Crippen LogP contribution in [0.1, 0.15) is 43.2 Å². The molecule has 3 rings (SSSR count). The average molecular weight is 464 g/mol. The largest absolute Gasteiger partial charge is 0.329 e. The molecule has 1 aromatic heterocycles. The van der Waals surface area contributed by atoms with Gasteiger partial charge in [-0.2, -0.15) is 0 Å². The predicted molar refractivity (Wildman–Crippen MR) is 143 cm³/mol. The highest BCUT2D eigenvalue weighted by molar-refractivity contribution is 8.00. The minimum atomic E-state index is 0.130. The molecule has 0 atom stereocenters. The Bertz CT molecular complexity index is 1130. The molecule has 166 valence electrons. The zero-order valence-electron chi connectivity index (χ0n) is 19.4. The zero-order valence-corrected chi connectivity index (χ0v) is 20.9. The molecule has 0 radical (unpaired) electrons. The van der Waals surface area contributed by atoms with Gasteiger partial charge in [-0.05, 0) is 66.2 Å². The van der Waals surface area contributed by atoms with Crippen LogP contribution in [0.5, 0.6) is 0 Å². The maximum atomic E-state index is 6.52. The van der Waals surface area contributed by atoms with Crippen molar-refractivity contribution in [2.24, 2.45) is 0 Å². The lowest BCUT2D eigenvalue weighted by Crippen LogP contribution is -2.17. The highest BCUT2D eigenvalue weighted by Crippen LogP contribution is 2.37. The van der Waals surface area contributed by atoms with Crippen molar-refractivity contribution < 1.29 is 0 Å². The second kappa shape index (κ2) is 9.85. The van der Waals surface area contributed by atoms with Gasteiger partial charge < -0.3 is 9.62 Å². The van der Waals surface area contributed by atoms with Crippen molar-refractivity contribution in [3.05, 3.63) is 95.2 Å². The molecule has 3 nitrogen and oxygen atoms in total. The van der Waals surface area contributed by atoms with E-state index in [2.05, 4.69) is 67.9 Å². The number of hydrogen-bond acceptors (Lipinski definition) is 4. The molecule has 0 amide bonds. The van der Waals surface area contributed by atoms with Crippen molar-refractivity contribution in [1.29, 1.82) is 0 Å². The molecule has 0 aliphatic rings. The summed E-state index contributed by atoms with van der Waals surface area (Å²) in [6.07, 6.45) is 1.77. The van der Waals surface area contributed by atoms with E-state index in [1.165, 1.54) is 5.56 Å². The number of pyridine rings is 1. The monoisotopic (exact) mass is 463 g/mol. The molecule has 0 unspecified atom stereocenters. The fourth-order valence-electron chi connectivity index (χ4n) is 3.35.